The van der Waals surface area contributed by atoms with E-state index in [0.29, 0.717) is 18.5 Å². The van der Waals surface area contributed by atoms with Crippen LogP contribution in [0.3, 0.4) is 0 Å². The highest BCUT2D eigenvalue weighted by atomic mass is 79.9. The number of fused-ring (bicyclic) bond motifs is 1. The number of hydrogen-bond donors (Lipinski definition) is 2. The number of benzene rings is 2. The quantitative estimate of drug-likeness (QED) is 0.509. The Hall–Kier alpha value is -2.81. The molecule has 1 aromatic heterocycles. The van der Waals surface area contributed by atoms with E-state index in [2.05, 4.69) is 31.7 Å². The maximum atomic E-state index is 13.8. The van der Waals surface area contributed by atoms with Crippen molar-refractivity contribution in [3.05, 3.63) is 82.0 Å². The van der Waals surface area contributed by atoms with E-state index in [1.54, 1.807) is 24.3 Å². The van der Waals surface area contributed by atoms with Gasteiger partial charge in [0.05, 0.1) is 12.2 Å². The van der Waals surface area contributed by atoms with Gasteiger partial charge in [-0.2, -0.15) is 18.3 Å². The van der Waals surface area contributed by atoms with E-state index in [4.69, 9.17) is 0 Å². The van der Waals surface area contributed by atoms with Gasteiger partial charge in [-0.05, 0) is 29.7 Å². The third-order valence-corrected chi connectivity index (χ3v) is 5.83. The summed E-state index contributed by atoms with van der Waals surface area (Å²) in [5.41, 5.74) is 1.87. The second-order valence-corrected chi connectivity index (χ2v) is 8.30. The minimum absolute atomic E-state index is 0.0821. The first-order valence-corrected chi connectivity index (χ1v) is 10.6. The lowest BCUT2D eigenvalue weighted by molar-refractivity contribution is -0.173. The third-order valence-electron chi connectivity index (χ3n) is 5.30. The lowest BCUT2D eigenvalue weighted by Gasteiger charge is -2.34. The molecule has 5 nitrogen and oxygen atoms in total. The van der Waals surface area contributed by atoms with Gasteiger partial charge in [-0.1, -0.05) is 58.4 Å². The molecule has 4 rings (SSSR count). The fourth-order valence-electron chi connectivity index (χ4n) is 3.70. The normalized spacial score (nSPS) is 18.2. The van der Waals surface area contributed by atoms with Crippen LogP contribution >= 0.6 is 15.9 Å². The van der Waals surface area contributed by atoms with Crippen LogP contribution in [-0.4, -0.2) is 28.4 Å². The highest BCUT2D eigenvalue weighted by Crippen LogP contribution is 2.44. The summed E-state index contributed by atoms with van der Waals surface area (Å²) in [6.45, 7) is 0.367. The molecule has 0 aliphatic carbocycles. The first kappa shape index (κ1) is 21.4. The number of halogens is 4. The molecule has 2 aromatic carbocycles. The molecule has 0 saturated heterocycles. The van der Waals surface area contributed by atoms with Crippen molar-refractivity contribution in [2.75, 3.05) is 11.9 Å². The predicted molar refractivity (Wildman–Crippen MR) is 115 cm³/mol. The monoisotopic (exact) mass is 492 g/mol. The SMILES string of the molecule is O=C(NCCc1ccccc1)c1cnn2c1NC(c1ccc(Br)cc1)CC2C(F)(F)F. The number of nitrogens with one attached hydrogen (secondary N) is 2. The minimum atomic E-state index is -4.49. The molecule has 1 aliphatic heterocycles. The first-order valence-electron chi connectivity index (χ1n) is 9.81. The summed E-state index contributed by atoms with van der Waals surface area (Å²) >= 11 is 3.34. The van der Waals surface area contributed by atoms with Crippen LogP contribution in [0.2, 0.25) is 0 Å². The zero-order valence-corrected chi connectivity index (χ0v) is 18.0. The maximum absolute atomic E-state index is 13.8. The van der Waals surface area contributed by atoms with Crippen molar-refractivity contribution >= 4 is 27.7 Å². The Bertz CT molecular complexity index is 1050. The molecule has 0 saturated carbocycles. The van der Waals surface area contributed by atoms with Crippen LogP contribution < -0.4 is 10.6 Å². The van der Waals surface area contributed by atoms with Crippen LogP contribution in [0.1, 0.15) is 40.0 Å². The van der Waals surface area contributed by atoms with Gasteiger partial charge < -0.3 is 10.6 Å². The number of hydrogen-bond acceptors (Lipinski definition) is 3. The second kappa shape index (κ2) is 8.74. The van der Waals surface area contributed by atoms with Crippen LogP contribution in [0, 0.1) is 0 Å². The van der Waals surface area contributed by atoms with Crippen molar-refractivity contribution in [1.82, 2.24) is 15.1 Å². The van der Waals surface area contributed by atoms with Crippen molar-refractivity contribution in [1.29, 1.82) is 0 Å². The minimum Gasteiger partial charge on any atom is -0.363 e. The number of carbonyl (C=O) groups is 1. The summed E-state index contributed by atoms with van der Waals surface area (Å²) in [5.74, 6) is -0.374. The fraction of sp³-hybridized carbons (Fsp3) is 0.273. The molecule has 2 N–H and O–H groups in total. The molecule has 9 heteroatoms. The predicted octanol–water partition coefficient (Wildman–Crippen LogP) is 5.28. The van der Waals surface area contributed by atoms with Gasteiger partial charge in [-0.25, -0.2) is 4.68 Å². The van der Waals surface area contributed by atoms with E-state index in [1.807, 2.05) is 30.3 Å². The Kier molecular flexibility index (Phi) is 6.04. The summed E-state index contributed by atoms with van der Waals surface area (Å²) in [7, 11) is 0. The number of alkyl halides is 3. The number of aromatic nitrogens is 2. The number of rotatable bonds is 5. The lowest BCUT2D eigenvalue weighted by atomic mass is 9.96. The largest absolute Gasteiger partial charge is 0.410 e. The molecule has 31 heavy (non-hydrogen) atoms. The molecular formula is C22H20BrF3N4O. The van der Waals surface area contributed by atoms with Gasteiger partial charge >= 0.3 is 6.18 Å². The van der Waals surface area contributed by atoms with E-state index >= 15 is 0 Å². The summed E-state index contributed by atoms with van der Waals surface area (Å²) in [6.07, 6.45) is -2.88. The Labute approximate surface area is 185 Å². The number of nitrogens with zero attached hydrogens (tertiary/aromatic N) is 2. The van der Waals surface area contributed by atoms with Crippen LogP contribution in [0.4, 0.5) is 19.0 Å². The van der Waals surface area contributed by atoms with Crippen molar-refractivity contribution in [2.24, 2.45) is 0 Å². The van der Waals surface area contributed by atoms with E-state index in [9.17, 15) is 18.0 Å². The van der Waals surface area contributed by atoms with Crippen LogP contribution in [0.15, 0.2) is 65.3 Å². The van der Waals surface area contributed by atoms with E-state index in [1.165, 1.54) is 6.20 Å². The Morgan fingerprint density at radius 1 is 1.16 bits per heavy atom. The van der Waals surface area contributed by atoms with E-state index in [0.717, 1.165) is 14.7 Å². The highest BCUT2D eigenvalue weighted by Gasteiger charge is 2.47. The van der Waals surface area contributed by atoms with Gasteiger partial charge in [-0.3, -0.25) is 4.79 Å². The molecule has 0 spiro atoms. The maximum Gasteiger partial charge on any atom is 0.410 e. The highest BCUT2D eigenvalue weighted by molar-refractivity contribution is 9.10. The standard InChI is InChI=1S/C22H20BrF3N4O/c23-16-8-6-15(7-9-16)18-12-19(22(24,25)26)30-20(29-18)17(13-28-30)21(31)27-11-10-14-4-2-1-3-5-14/h1-9,13,18-19,29H,10-12H2,(H,27,31). The van der Waals surface area contributed by atoms with E-state index in [-0.39, 0.29) is 17.8 Å². The van der Waals surface area contributed by atoms with Gasteiger partial charge in [-0.15, -0.1) is 0 Å². The molecule has 3 aromatic rings. The third kappa shape index (κ3) is 4.76. The number of anilines is 1. The average Bonchev–Trinajstić information content (AvgIpc) is 3.17. The van der Waals surface area contributed by atoms with Gasteiger partial charge in [0, 0.05) is 17.4 Å². The molecule has 0 bridgehead atoms. The molecule has 1 amide bonds. The second-order valence-electron chi connectivity index (χ2n) is 7.38. The Balaban J connectivity index is 1.56. The van der Waals surface area contributed by atoms with E-state index < -0.39 is 24.2 Å². The zero-order valence-electron chi connectivity index (χ0n) is 16.4. The molecule has 0 radical (unpaired) electrons. The smallest absolute Gasteiger partial charge is 0.363 e. The molecule has 2 atom stereocenters. The molecular weight excluding hydrogens is 473 g/mol. The van der Waals surface area contributed by atoms with Gasteiger partial charge in [0.15, 0.2) is 6.04 Å². The first-order chi connectivity index (χ1) is 14.8. The fourth-order valence-corrected chi connectivity index (χ4v) is 3.97. The topological polar surface area (TPSA) is 59.0 Å². The van der Waals surface area contributed by atoms with Gasteiger partial charge in [0.2, 0.25) is 0 Å². The van der Waals surface area contributed by atoms with Gasteiger partial charge in [0.25, 0.3) is 5.91 Å². The van der Waals surface area contributed by atoms with Crippen LogP contribution in [0.5, 0.6) is 0 Å². The lowest BCUT2D eigenvalue weighted by Crippen LogP contribution is -2.36. The van der Waals surface area contributed by atoms with Crippen molar-refractivity contribution in [2.45, 2.75) is 31.1 Å². The molecule has 0 fully saturated rings. The number of carbonyl (C=O) groups excluding carboxylic acids is 1. The van der Waals surface area contributed by atoms with Crippen molar-refractivity contribution in [3.63, 3.8) is 0 Å². The summed E-state index contributed by atoms with van der Waals surface area (Å²) in [4.78, 5) is 12.7. The molecule has 2 unspecified atom stereocenters. The van der Waals surface area contributed by atoms with Crippen molar-refractivity contribution in [3.8, 4) is 0 Å². The van der Waals surface area contributed by atoms with Crippen molar-refractivity contribution < 1.29 is 18.0 Å². The summed E-state index contributed by atoms with van der Waals surface area (Å²) < 4.78 is 43.0. The molecule has 2 heterocycles. The molecule has 162 valence electrons. The summed E-state index contributed by atoms with van der Waals surface area (Å²) in [6, 6.07) is 14.3. The van der Waals surface area contributed by atoms with Crippen LogP contribution in [0.25, 0.3) is 0 Å². The zero-order chi connectivity index (χ0) is 22.0. The van der Waals surface area contributed by atoms with Crippen LogP contribution in [-0.2, 0) is 6.42 Å². The number of amides is 1. The molecule has 1 aliphatic rings. The Morgan fingerprint density at radius 2 is 1.87 bits per heavy atom. The Morgan fingerprint density at radius 3 is 2.55 bits per heavy atom. The summed E-state index contributed by atoms with van der Waals surface area (Å²) in [5, 5.41) is 9.78. The average molecular weight is 493 g/mol. The van der Waals surface area contributed by atoms with Gasteiger partial charge in [0.1, 0.15) is 11.4 Å².